The number of hydrogen-bond donors (Lipinski definition) is 2. The Kier molecular flexibility index (Phi) is 5.22. The maximum atomic E-state index is 9.88. The summed E-state index contributed by atoms with van der Waals surface area (Å²) < 4.78 is 1.24. The van der Waals surface area contributed by atoms with Crippen LogP contribution in [0.3, 0.4) is 0 Å². The van der Waals surface area contributed by atoms with Gasteiger partial charge in [-0.3, -0.25) is 0 Å². The monoisotopic (exact) mass is 379 g/mol. The fourth-order valence-electron chi connectivity index (χ4n) is 4.86. The fraction of sp³-hybridized carbons (Fsp3) is 1.00. The van der Waals surface area contributed by atoms with Crippen LogP contribution in [0.1, 0.15) is 65.2 Å². The highest BCUT2D eigenvalue weighted by Gasteiger charge is 2.51. The Balaban J connectivity index is 2.16. The van der Waals surface area contributed by atoms with Crippen molar-refractivity contribution < 1.29 is 5.11 Å². The number of hydrogen-bond acceptors (Lipinski definition) is 2. The summed E-state index contributed by atoms with van der Waals surface area (Å²) in [6.07, 6.45) is 9.30. The van der Waals surface area contributed by atoms with Crippen LogP contribution < -0.4 is 5.73 Å². The molecule has 3 N–H and O–H groups in total. The van der Waals surface area contributed by atoms with Gasteiger partial charge in [0.15, 0.2) is 0 Å². The summed E-state index contributed by atoms with van der Waals surface area (Å²) in [6, 6.07) is 0. The van der Waals surface area contributed by atoms with Crippen molar-refractivity contribution in [2.45, 2.75) is 76.9 Å². The Bertz CT molecular complexity index is 311. The molecule has 0 bridgehead atoms. The Morgan fingerprint density at radius 1 is 1.32 bits per heavy atom. The van der Waals surface area contributed by atoms with Crippen LogP contribution in [0.5, 0.6) is 0 Å². The van der Waals surface area contributed by atoms with Crippen LogP contribution in [-0.2, 0) is 0 Å². The molecule has 3 heteroatoms. The highest BCUT2D eigenvalue weighted by atomic mass is 127. The maximum absolute atomic E-state index is 9.88. The van der Waals surface area contributed by atoms with Crippen molar-refractivity contribution in [2.24, 2.45) is 23.0 Å². The van der Waals surface area contributed by atoms with Crippen LogP contribution in [0.15, 0.2) is 0 Å². The molecule has 112 valence electrons. The van der Waals surface area contributed by atoms with Crippen molar-refractivity contribution in [3.05, 3.63) is 0 Å². The lowest BCUT2D eigenvalue weighted by molar-refractivity contribution is 0.00781. The third kappa shape index (κ3) is 3.29. The molecule has 0 spiro atoms. The summed E-state index contributed by atoms with van der Waals surface area (Å²) in [5.74, 6) is 1.44. The summed E-state index contributed by atoms with van der Waals surface area (Å²) in [6.45, 7) is 4.60. The molecule has 0 aromatic carbocycles. The molecule has 0 aromatic heterocycles. The number of aliphatic hydroxyl groups excluding tert-OH is 1. The number of aliphatic hydroxyl groups is 1. The van der Waals surface area contributed by atoms with Gasteiger partial charge < -0.3 is 10.8 Å². The summed E-state index contributed by atoms with van der Waals surface area (Å²) >= 11 is 2.53. The van der Waals surface area contributed by atoms with Gasteiger partial charge in [0.1, 0.15) is 0 Å². The molecule has 2 fully saturated rings. The molecule has 0 saturated heterocycles. The van der Waals surface area contributed by atoms with E-state index in [9.17, 15) is 5.11 Å². The number of rotatable bonds is 4. The predicted molar refractivity (Wildman–Crippen MR) is 89.5 cm³/mol. The highest BCUT2D eigenvalue weighted by molar-refractivity contribution is 14.1. The quantitative estimate of drug-likeness (QED) is 0.575. The van der Waals surface area contributed by atoms with E-state index in [4.69, 9.17) is 5.73 Å². The summed E-state index contributed by atoms with van der Waals surface area (Å²) in [4.78, 5) is 0. The van der Waals surface area contributed by atoms with Gasteiger partial charge in [0.2, 0.25) is 0 Å². The summed E-state index contributed by atoms with van der Waals surface area (Å²) in [5, 5.41) is 9.88. The molecule has 2 aliphatic carbocycles. The van der Waals surface area contributed by atoms with Gasteiger partial charge in [-0.15, -0.1) is 0 Å². The van der Waals surface area contributed by atoms with Gasteiger partial charge in [-0.05, 0) is 68.6 Å². The van der Waals surface area contributed by atoms with Crippen LogP contribution in [0.2, 0.25) is 0 Å². The first-order valence-electron chi connectivity index (χ1n) is 7.97. The second kappa shape index (κ2) is 6.18. The first kappa shape index (κ1) is 16.0. The molecule has 19 heavy (non-hydrogen) atoms. The predicted octanol–water partition coefficient (Wildman–Crippen LogP) is 3.89. The van der Waals surface area contributed by atoms with E-state index in [0.717, 1.165) is 25.2 Å². The van der Waals surface area contributed by atoms with Crippen molar-refractivity contribution in [3.8, 4) is 0 Å². The number of halogens is 1. The smallest absolute Gasteiger partial charge is 0.0543 e. The molecule has 2 aliphatic rings. The molecule has 0 amide bonds. The molecule has 0 aromatic rings. The topological polar surface area (TPSA) is 46.2 Å². The van der Waals surface area contributed by atoms with Gasteiger partial charge in [0.25, 0.3) is 0 Å². The van der Waals surface area contributed by atoms with Crippen molar-refractivity contribution in [1.82, 2.24) is 0 Å². The van der Waals surface area contributed by atoms with Crippen LogP contribution in [0.25, 0.3) is 0 Å². The molecular weight excluding hydrogens is 349 g/mol. The largest absolute Gasteiger partial charge is 0.393 e. The Hall–Kier alpha value is 0.650. The SMILES string of the molecule is CC[C@@]1(N)CC[C@](CCI)(C2CCC(O)C[C@H]2C)C1. The van der Waals surface area contributed by atoms with E-state index in [1.807, 2.05) is 0 Å². The van der Waals surface area contributed by atoms with Gasteiger partial charge in [-0.1, -0.05) is 36.4 Å². The van der Waals surface area contributed by atoms with Gasteiger partial charge in [-0.25, -0.2) is 0 Å². The molecule has 2 unspecified atom stereocenters. The molecule has 0 heterocycles. The molecular formula is C16H30INO. The molecule has 0 aliphatic heterocycles. The van der Waals surface area contributed by atoms with Crippen LogP contribution >= 0.6 is 22.6 Å². The lowest BCUT2D eigenvalue weighted by atomic mass is 9.61. The van der Waals surface area contributed by atoms with Gasteiger partial charge in [0.05, 0.1) is 6.10 Å². The molecule has 2 nitrogen and oxygen atoms in total. The lowest BCUT2D eigenvalue weighted by Crippen LogP contribution is -2.42. The number of alkyl halides is 1. The second-order valence-corrected chi connectivity index (χ2v) is 8.32. The Labute approximate surface area is 132 Å². The van der Waals surface area contributed by atoms with Crippen LogP contribution in [0, 0.1) is 17.3 Å². The van der Waals surface area contributed by atoms with E-state index in [1.165, 1.54) is 36.5 Å². The Morgan fingerprint density at radius 2 is 2.05 bits per heavy atom. The zero-order valence-electron chi connectivity index (χ0n) is 12.5. The minimum absolute atomic E-state index is 0.0573. The zero-order chi connectivity index (χ0) is 14.1. The fourth-order valence-corrected chi connectivity index (χ4v) is 5.93. The van der Waals surface area contributed by atoms with E-state index < -0.39 is 0 Å². The minimum Gasteiger partial charge on any atom is -0.393 e. The lowest BCUT2D eigenvalue weighted by Gasteiger charge is -2.45. The van der Waals surface area contributed by atoms with E-state index in [2.05, 4.69) is 36.4 Å². The number of nitrogens with two attached hydrogens (primary N) is 1. The van der Waals surface area contributed by atoms with Gasteiger partial charge in [-0.2, -0.15) is 0 Å². The molecule has 5 atom stereocenters. The van der Waals surface area contributed by atoms with E-state index in [1.54, 1.807) is 0 Å². The van der Waals surface area contributed by atoms with Crippen molar-refractivity contribution in [2.75, 3.05) is 4.43 Å². The Morgan fingerprint density at radius 3 is 2.58 bits per heavy atom. The van der Waals surface area contributed by atoms with Crippen LogP contribution in [0.4, 0.5) is 0 Å². The third-order valence-corrected chi connectivity index (χ3v) is 6.59. The minimum atomic E-state index is -0.0573. The van der Waals surface area contributed by atoms with E-state index in [-0.39, 0.29) is 11.6 Å². The van der Waals surface area contributed by atoms with E-state index >= 15 is 0 Å². The summed E-state index contributed by atoms with van der Waals surface area (Å²) in [5.41, 5.74) is 7.14. The first-order chi connectivity index (χ1) is 8.95. The van der Waals surface area contributed by atoms with Crippen molar-refractivity contribution >= 4 is 22.6 Å². The van der Waals surface area contributed by atoms with Gasteiger partial charge >= 0.3 is 0 Å². The third-order valence-electron chi connectivity index (χ3n) is 6.05. The first-order valence-corrected chi connectivity index (χ1v) is 9.50. The van der Waals surface area contributed by atoms with Crippen LogP contribution in [-0.4, -0.2) is 21.2 Å². The van der Waals surface area contributed by atoms with Crippen molar-refractivity contribution in [1.29, 1.82) is 0 Å². The molecule has 2 rings (SSSR count). The molecule has 0 radical (unpaired) electrons. The average molecular weight is 379 g/mol. The normalized spacial score (nSPS) is 47.5. The maximum Gasteiger partial charge on any atom is 0.0543 e. The van der Waals surface area contributed by atoms with E-state index in [0.29, 0.717) is 11.3 Å². The zero-order valence-corrected chi connectivity index (χ0v) is 14.7. The standard InChI is InChI=1S/C16H30INO/c1-3-16(18)7-6-15(11-16,8-9-17)14-5-4-13(19)10-12(14)2/h12-14,19H,3-11,18H2,1-2H3/t12-,13?,14?,15-,16-/m1/s1. The highest BCUT2D eigenvalue weighted by Crippen LogP contribution is 2.56. The summed E-state index contributed by atoms with van der Waals surface area (Å²) in [7, 11) is 0. The molecule has 2 saturated carbocycles. The van der Waals surface area contributed by atoms with Crippen molar-refractivity contribution in [3.63, 3.8) is 0 Å². The van der Waals surface area contributed by atoms with Gasteiger partial charge in [0, 0.05) is 9.97 Å². The second-order valence-electron chi connectivity index (χ2n) is 7.24. The average Bonchev–Trinajstić information content (AvgIpc) is 2.69.